The Bertz CT molecular complexity index is 677. The third kappa shape index (κ3) is 3.16. The van der Waals surface area contributed by atoms with Gasteiger partial charge in [0.2, 0.25) is 0 Å². The van der Waals surface area contributed by atoms with E-state index < -0.39 is 0 Å². The first-order valence-electron chi connectivity index (χ1n) is 7.45. The molecule has 0 saturated carbocycles. The molecule has 1 aliphatic rings. The predicted molar refractivity (Wildman–Crippen MR) is 83.5 cm³/mol. The highest BCUT2D eigenvalue weighted by molar-refractivity contribution is 6.31. The molecule has 1 saturated heterocycles. The quantitative estimate of drug-likeness (QED) is 0.867. The summed E-state index contributed by atoms with van der Waals surface area (Å²) in [5.74, 6) is 1.03. The number of fused-ring (bicyclic) bond motifs is 1. The molecule has 1 aliphatic heterocycles. The van der Waals surface area contributed by atoms with Crippen LogP contribution in [-0.2, 0) is 4.79 Å². The SMILES string of the molecule is C[C@@H]1C[C@H](C)CN(C(=O)COn2nnc3ccc(Cl)cc32)C1. The van der Waals surface area contributed by atoms with Crippen LogP contribution < -0.4 is 4.84 Å². The maximum atomic E-state index is 12.3. The molecule has 2 aromatic rings. The van der Waals surface area contributed by atoms with E-state index in [4.69, 9.17) is 16.4 Å². The van der Waals surface area contributed by atoms with Crippen LogP contribution in [0.4, 0.5) is 0 Å². The van der Waals surface area contributed by atoms with Crippen molar-refractivity contribution in [1.29, 1.82) is 0 Å². The van der Waals surface area contributed by atoms with Crippen LogP contribution >= 0.6 is 11.6 Å². The van der Waals surface area contributed by atoms with Gasteiger partial charge in [-0.05, 0) is 41.7 Å². The van der Waals surface area contributed by atoms with Crippen LogP contribution in [0.5, 0.6) is 0 Å². The van der Waals surface area contributed by atoms with Crippen LogP contribution in [0.25, 0.3) is 11.0 Å². The van der Waals surface area contributed by atoms with E-state index in [-0.39, 0.29) is 12.5 Å². The number of hydrogen-bond acceptors (Lipinski definition) is 4. The van der Waals surface area contributed by atoms with Crippen molar-refractivity contribution >= 4 is 28.5 Å². The minimum absolute atomic E-state index is 0.0240. The van der Waals surface area contributed by atoms with Gasteiger partial charge >= 0.3 is 0 Å². The van der Waals surface area contributed by atoms with Gasteiger partial charge < -0.3 is 9.74 Å². The molecule has 0 bridgehead atoms. The van der Waals surface area contributed by atoms with Gasteiger partial charge in [0.15, 0.2) is 6.61 Å². The summed E-state index contributed by atoms with van der Waals surface area (Å²) in [6, 6.07) is 5.22. The average molecular weight is 323 g/mol. The summed E-state index contributed by atoms with van der Waals surface area (Å²) in [5, 5.41) is 8.45. The number of halogens is 1. The second-order valence-electron chi connectivity index (χ2n) is 6.11. The molecule has 6 nitrogen and oxygen atoms in total. The number of amides is 1. The molecule has 1 amide bonds. The zero-order chi connectivity index (χ0) is 15.7. The Morgan fingerprint density at radius 1 is 1.36 bits per heavy atom. The summed E-state index contributed by atoms with van der Waals surface area (Å²) in [6.45, 7) is 5.87. The molecule has 0 N–H and O–H groups in total. The average Bonchev–Trinajstić information content (AvgIpc) is 2.86. The molecule has 2 atom stereocenters. The van der Waals surface area contributed by atoms with E-state index in [9.17, 15) is 4.79 Å². The lowest BCUT2D eigenvalue weighted by Crippen LogP contribution is -2.45. The zero-order valence-electron chi connectivity index (χ0n) is 12.7. The number of rotatable bonds is 3. The molecule has 0 aliphatic carbocycles. The van der Waals surface area contributed by atoms with E-state index in [2.05, 4.69) is 24.2 Å². The highest BCUT2D eigenvalue weighted by Crippen LogP contribution is 2.21. The minimum atomic E-state index is -0.0512. The van der Waals surface area contributed by atoms with E-state index in [0.717, 1.165) is 19.5 Å². The largest absolute Gasteiger partial charge is 0.385 e. The van der Waals surface area contributed by atoms with Gasteiger partial charge in [-0.15, -0.1) is 5.10 Å². The fraction of sp³-hybridized carbons (Fsp3) is 0.533. The van der Waals surface area contributed by atoms with Crippen molar-refractivity contribution in [2.75, 3.05) is 19.7 Å². The van der Waals surface area contributed by atoms with E-state index in [1.807, 2.05) is 4.90 Å². The summed E-state index contributed by atoms with van der Waals surface area (Å²) >= 11 is 5.96. The number of aromatic nitrogens is 3. The molecule has 3 rings (SSSR count). The van der Waals surface area contributed by atoms with Crippen LogP contribution in [0.1, 0.15) is 20.3 Å². The number of benzene rings is 1. The molecule has 1 fully saturated rings. The van der Waals surface area contributed by atoms with Gasteiger partial charge in [-0.2, -0.15) is 0 Å². The maximum absolute atomic E-state index is 12.3. The van der Waals surface area contributed by atoms with Crippen LogP contribution in [0, 0.1) is 11.8 Å². The summed E-state index contributed by atoms with van der Waals surface area (Å²) in [4.78, 5) is 20.9. The van der Waals surface area contributed by atoms with Gasteiger partial charge in [-0.1, -0.05) is 30.3 Å². The Hall–Kier alpha value is -1.82. The van der Waals surface area contributed by atoms with Crippen molar-refractivity contribution in [2.45, 2.75) is 20.3 Å². The lowest BCUT2D eigenvalue weighted by Gasteiger charge is -2.34. The van der Waals surface area contributed by atoms with Gasteiger partial charge in [0.05, 0.1) is 0 Å². The first-order chi connectivity index (χ1) is 10.5. The molecule has 0 radical (unpaired) electrons. The number of carbonyl (C=O) groups excluding carboxylic acids is 1. The Morgan fingerprint density at radius 3 is 2.82 bits per heavy atom. The molecule has 1 aromatic carbocycles. The standard InChI is InChI=1S/C15H19ClN4O2/c1-10-5-11(2)8-19(7-10)15(21)9-22-20-14-6-12(16)3-4-13(14)17-18-20/h3-4,6,10-11H,5,7-9H2,1-2H3/t10-,11+. The third-order valence-corrected chi connectivity index (χ3v) is 4.14. The molecular formula is C15H19ClN4O2. The molecular weight excluding hydrogens is 304 g/mol. The minimum Gasteiger partial charge on any atom is -0.385 e. The zero-order valence-corrected chi connectivity index (χ0v) is 13.5. The molecule has 7 heteroatoms. The van der Waals surface area contributed by atoms with E-state index in [0.29, 0.717) is 27.9 Å². The topological polar surface area (TPSA) is 60.2 Å². The molecule has 118 valence electrons. The normalized spacial score (nSPS) is 22.0. The van der Waals surface area contributed by atoms with Gasteiger partial charge in [0.1, 0.15) is 11.0 Å². The van der Waals surface area contributed by atoms with Crippen molar-refractivity contribution in [3.8, 4) is 0 Å². The highest BCUT2D eigenvalue weighted by Gasteiger charge is 2.25. The Labute approximate surface area is 133 Å². The van der Waals surface area contributed by atoms with Crippen molar-refractivity contribution in [3.05, 3.63) is 23.2 Å². The van der Waals surface area contributed by atoms with E-state index >= 15 is 0 Å². The summed E-state index contributed by atoms with van der Waals surface area (Å²) in [7, 11) is 0. The molecule has 2 heterocycles. The second-order valence-corrected chi connectivity index (χ2v) is 6.55. The van der Waals surface area contributed by atoms with Gasteiger partial charge in [0, 0.05) is 18.1 Å². The fourth-order valence-electron chi connectivity index (χ4n) is 3.04. The van der Waals surface area contributed by atoms with Gasteiger partial charge in [-0.3, -0.25) is 4.79 Å². The Balaban J connectivity index is 1.66. The van der Waals surface area contributed by atoms with Crippen LogP contribution in [0.2, 0.25) is 5.02 Å². The molecule has 1 aromatic heterocycles. The van der Waals surface area contributed by atoms with Gasteiger partial charge in [0.25, 0.3) is 5.91 Å². The van der Waals surface area contributed by atoms with Crippen LogP contribution in [0.15, 0.2) is 18.2 Å². The summed E-state index contributed by atoms with van der Waals surface area (Å²) < 4.78 is 0. The number of piperidine rings is 1. The predicted octanol–water partition coefficient (Wildman–Crippen LogP) is 2.02. The Morgan fingerprint density at radius 2 is 2.09 bits per heavy atom. The number of carbonyl (C=O) groups is 1. The maximum Gasteiger partial charge on any atom is 0.263 e. The fourth-order valence-corrected chi connectivity index (χ4v) is 3.21. The van der Waals surface area contributed by atoms with Crippen LogP contribution in [-0.4, -0.2) is 45.7 Å². The van der Waals surface area contributed by atoms with Gasteiger partial charge in [-0.25, -0.2) is 0 Å². The number of hydrogen-bond donors (Lipinski definition) is 0. The smallest absolute Gasteiger partial charge is 0.263 e. The summed E-state index contributed by atoms with van der Waals surface area (Å²) in [6.07, 6.45) is 1.16. The first kappa shape index (κ1) is 15.1. The van der Waals surface area contributed by atoms with Crippen LogP contribution in [0.3, 0.4) is 0 Å². The highest BCUT2D eigenvalue weighted by atomic mass is 35.5. The van der Waals surface area contributed by atoms with Crippen molar-refractivity contribution in [3.63, 3.8) is 0 Å². The molecule has 0 unspecified atom stereocenters. The molecule has 0 spiro atoms. The van der Waals surface area contributed by atoms with Crippen molar-refractivity contribution < 1.29 is 9.63 Å². The lowest BCUT2D eigenvalue weighted by atomic mass is 9.92. The number of nitrogens with zero attached hydrogens (tertiary/aromatic N) is 4. The van der Waals surface area contributed by atoms with E-state index in [1.54, 1.807) is 18.2 Å². The lowest BCUT2D eigenvalue weighted by molar-refractivity contribution is -0.139. The summed E-state index contributed by atoms with van der Waals surface area (Å²) in [5.41, 5.74) is 1.33. The first-order valence-corrected chi connectivity index (χ1v) is 7.82. The molecule has 22 heavy (non-hydrogen) atoms. The van der Waals surface area contributed by atoms with E-state index in [1.165, 1.54) is 4.85 Å². The number of likely N-dealkylation sites (tertiary alicyclic amines) is 1. The second kappa shape index (κ2) is 6.12. The third-order valence-electron chi connectivity index (χ3n) is 3.91. The van der Waals surface area contributed by atoms with Crippen molar-refractivity contribution in [2.24, 2.45) is 11.8 Å². The monoisotopic (exact) mass is 322 g/mol. The Kier molecular flexibility index (Phi) is 4.20. The van der Waals surface area contributed by atoms with Crippen molar-refractivity contribution in [1.82, 2.24) is 20.1 Å².